The normalized spacial score (nSPS) is 11.3. The largest absolute Gasteiger partial charge is 0.266 e. The van der Waals surface area contributed by atoms with E-state index < -0.39 is 10.0 Å². The Bertz CT molecular complexity index is 691. The van der Waals surface area contributed by atoms with Crippen LogP contribution in [0.4, 0.5) is 5.69 Å². The topological polar surface area (TPSA) is 37.4 Å². The highest BCUT2D eigenvalue weighted by Crippen LogP contribution is 2.21. The highest BCUT2D eigenvalue weighted by atomic mass is 32.2. The summed E-state index contributed by atoms with van der Waals surface area (Å²) in [5.74, 6) is 0. The SMILES string of the molecule is Cc1ccc(N(Cc2cccc(C)c2)S(C)(=O)=O)cc1. The second kappa shape index (κ2) is 5.67. The first-order valence-corrected chi connectivity index (χ1v) is 8.31. The summed E-state index contributed by atoms with van der Waals surface area (Å²) in [6, 6.07) is 15.4. The molecule has 20 heavy (non-hydrogen) atoms. The Kier molecular flexibility index (Phi) is 4.14. The first kappa shape index (κ1) is 14.6. The summed E-state index contributed by atoms with van der Waals surface area (Å²) in [6.07, 6.45) is 1.24. The van der Waals surface area contributed by atoms with Gasteiger partial charge in [-0.15, -0.1) is 0 Å². The van der Waals surface area contributed by atoms with Crippen molar-refractivity contribution in [1.29, 1.82) is 0 Å². The summed E-state index contributed by atoms with van der Waals surface area (Å²) >= 11 is 0. The number of sulfonamides is 1. The van der Waals surface area contributed by atoms with E-state index in [2.05, 4.69) is 0 Å². The standard InChI is InChI=1S/C16H19NO2S/c1-13-7-9-16(10-8-13)17(20(3,18)19)12-15-6-4-5-14(2)11-15/h4-11H,12H2,1-3H3. The summed E-state index contributed by atoms with van der Waals surface area (Å²) < 4.78 is 25.5. The lowest BCUT2D eigenvalue weighted by Gasteiger charge is -2.23. The molecule has 0 spiro atoms. The minimum atomic E-state index is -3.31. The van der Waals surface area contributed by atoms with Gasteiger partial charge in [-0.25, -0.2) is 8.42 Å². The first-order chi connectivity index (χ1) is 9.36. The molecule has 0 amide bonds. The number of aryl methyl sites for hydroxylation is 2. The predicted molar refractivity (Wildman–Crippen MR) is 83.4 cm³/mol. The van der Waals surface area contributed by atoms with Gasteiger partial charge in [0.2, 0.25) is 10.0 Å². The fourth-order valence-corrected chi connectivity index (χ4v) is 2.98. The number of hydrogen-bond donors (Lipinski definition) is 0. The van der Waals surface area contributed by atoms with Crippen molar-refractivity contribution in [2.24, 2.45) is 0 Å². The van der Waals surface area contributed by atoms with Crippen LogP contribution in [0.15, 0.2) is 48.5 Å². The smallest absolute Gasteiger partial charge is 0.232 e. The maximum Gasteiger partial charge on any atom is 0.232 e. The molecule has 2 aromatic carbocycles. The Hall–Kier alpha value is -1.81. The van der Waals surface area contributed by atoms with Crippen molar-refractivity contribution in [2.75, 3.05) is 10.6 Å². The van der Waals surface area contributed by atoms with Gasteiger partial charge in [0.15, 0.2) is 0 Å². The lowest BCUT2D eigenvalue weighted by Crippen LogP contribution is -2.29. The molecular formula is C16H19NO2S. The molecule has 2 aromatic rings. The molecule has 0 bridgehead atoms. The molecule has 0 atom stereocenters. The van der Waals surface area contributed by atoms with Crippen LogP contribution in [-0.2, 0) is 16.6 Å². The fourth-order valence-electron chi connectivity index (χ4n) is 2.09. The summed E-state index contributed by atoms with van der Waals surface area (Å²) in [5.41, 5.74) is 3.91. The number of nitrogens with zero attached hydrogens (tertiary/aromatic N) is 1. The number of hydrogen-bond acceptors (Lipinski definition) is 2. The van der Waals surface area contributed by atoms with E-state index in [1.807, 2.05) is 62.4 Å². The number of anilines is 1. The van der Waals surface area contributed by atoms with Gasteiger partial charge in [-0.3, -0.25) is 4.31 Å². The van der Waals surface area contributed by atoms with Crippen LogP contribution < -0.4 is 4.31 Å². The highest BCUT2D eigenvalue weighted by molar-refractivity contribution is 7.92. The van der Waals surface area contributed by atoms with Gasteiger partial charge in [-0.1, -0.05) is 47.5 Å². The van der Waals surface area contributed by atoms with E-state index in [0.717, 1.165) is 16.7 Å². The zero-order valence-electron chi connectivity index (χ0n) is 12.0. The summed E-state index contributed by atoms with van der Waals surface area (Å²) in [4.78, 5) is 0. The Morgan fingerprint density at radius 1 is 0.950 bits per heavy atom. The molecule has 0 aromatic heterocycles. The lowest BCUT2D eigenvalue weighted by molar-refractivity contribution is 0.596. The van der Waals surface area contributed by atoms with Crippen molar-refractivity contribution >= 4 is 15.7 Å². The average molecular weight is 289 g/mol. The van der Waals surface area contributed by atoms with Gasteiger partial charge in [0.05, 0.1) is 18.5 Å². The van der Waals surface area contributed by atoms with Gasteiger partial charge in [0, 0.05) is 0 Å². The summed E-state index contributed by atoms with van der Waals surface area (Å²) in [7, 11) is -3.31. The fraction of sp³-hybridized carbons (Fsp3) is 0.250. The van der Waals surface area contributed by atoms with Crippen molar-refractivity contribution < 1.29 is 8.42 Å². The third kappa shape index (κ3) is 3.61. The predicted octanol–water partition coefficient (Wildman–Crippen LogP) is 3.27. The van der Waals surface area contributed by atoms with Crippen molar-refractivity contribution in [3.05, 3.63) is 65.2 Å². The van der Waals surface area contributed by atoms with Crippen LogP contribution in [0.1, 0.15) is 16.7 Å². The quantitative estimate of drug-likeness (QED) is 0.866. The molecule has 0 N–H and O–H groups in total. The molecule has 0 aliphatic rings. The maximum atomic E-state index is 12.0. The van der Waals surface area contributed by atoms with Crippen LogP contribution in [0.3, 0.4) is 0 Å². The molecule has 2 rings (SSSR count). The minimum absolute atomic E-state index is 0.351. The van der Waals surface area contributed by atoms with Gasteiger partial charge in [-0.2, -0.15) is 0 Å². The Balaban J connectivity index is 2.37. The highest BCUT2D eigenvalue weighted by Gasteiger charge is 2.17. The van der Waals surface area contributed by atoms with Crippen LogP contribution in [0, 0.1) is 13.8 Å². The van der Waals surface area contributed by atoms with Crippen LogP contribution in [0.25, 0.3) is 0 Å². The zero-order valence-corrected chi connectivity index (χ0v) is 12.8. The molecule has 0 fully saturated rings. The third-order valence-electron chi connectivity index (χ3n) is 3.13. The van der Waals surface area contributed by atoms with Crippen molar-refractivity contribution in [3.63, 3.8) is 0 Å². The monoisotopic (exact) mass is 289 g/mol. The Morgan fingerprint density at radius 3 is 2.15 bits per heavy atom. The first-order valence-electron chi connectivity index (χ1n) is 6.46. The maximum absolute atomic E-state index is 12.0. The second-order valence-electron chi connectivity index (χ2n) is 5.09. The van der Waals surface area contributed by atoms with E-state index in [-0.39, 0.29) is 0 Å². The molecule has 0 aliphatic heterocycles. The number of rotatable bonds is 4. The molecule has 0 saturated carbocycles. The van der Waals surface area contributed by atoms with Crippen LogP contribution in [-0.4, -0.2) is 14.7 Å². The molecule has 0 unspecified atom stereocenters. The molecular weight excluding hydrogens is 270 g/mol. The van der Waals surface area contributed by atoms with Gasteiger partial charge < -0.3 is 0 Å². The second-order valence-corrected chi connectivity index (χ2v) is 7.00. The molecule has 0 heterocycles. The van der Waals surface area contributed by atoms with Gasteiger partial charge >= 0.3 is 0 Å². The molecule has 3 nitrogen and oxygen atoms in total. The third-order valence-corrected chi connectivity index (χ3v) is 4.27. The number of benzene rings is 2. The van der Waals surface area contributed by atoms with Crippen LogP contribution in [0.2, 0.25) is 0 Å². The molecule has 0 aliphatic carbocycles. The van der Waals surface area contributed by atoms with Crippen molar-refractivity contribution in [1.82, 2.24) is 0 Å². The average Bonchev–Trinajstić information content (AvgIpc) is 2.36. The van der Waals surface area contributed by atoms with Gasteiger partial charge in [0.1, 0.15) is 0 Å². The lowest BCUT2D eigenvalue weighted by atomic mass is 10.1. The van der Waals surface area contributed by atoms with E-state index in [1.54, 1.807) is 0 Å². The van der Waals surface area contributed by atoms with Gasteiger partial charge in [-0.05, 0) is 31.5 Å². The zero-order chi connectivity index (χ0) is 14.8. The molecule has 0 radical (unpaired) electrons. The summed E-state index contributed by atoms with van der Waals surface area (Å²) in [5, 5.41) is 0. The van der Waals surface area contributed by atoms with Crippen LogP contribution >= 0.6 is 0 Å². The van der Waals surface area contributed by atoms with E-state index >= 15 is 0 Å². The Morgan fingerprint density at radius 2 is 1.60 bits per heavy atom. The van der Waals surface area contributed by atoms with E-state index in [1.165, 1.54) is 10.6 Å². The van der Waals surface area contributed by atoms with Gasteiger partial charge in [0.25, 0.3) is 0 Å². The molecule has 0 saturated heterocycles. The van der Waals surface area contributed by atoms with Crippen molar-refractivity contribution in [2.45, 2.75) is 20.4 Å². The minimum Gasteiger partial charge on any atom is -0.266 e. The van der Waals surface area contributed by atoms with E-state index in [9.17, 15) is 8.42 Å². The van der Waals surface area contributed by atoms with Crippen LogP contribution in [0.5, 0.6) is 0 Å². The van der Waals surface area contributed by atoms with E-state index in [4.69, 9.17) is 0 Å². The molecule has 106 valence electrons. The Labute approximate surface area is 120 Å². The summed E-state index contributed by atoms with van der Waals surface area (Å²) in [6.45, 7) is 4.33. The molecule has 4 heteroatoms. The van der Waals surface area contributed by atoms with Crippen molar-refractivity contribution in [3.8, 4) is 0 Å². The van der Waals surface area contributed by atoms with E-state index in [0.29, 0.717) is 12.2 Å².